The molecule has 0 aromatic carbocycles. The summed E-state index contributed by atoms with van der Waals surface area (Å²) < 4.78 is 4.06. The molecular formula is C16H24N6O. The monoisotopic (exact) mass is 316 g/mol. The topological polar surface area (TPSA) is 77.6 Å². The van der Waals surface area contributed by atoms with Crippen molar-refractivity contribution >= 4 is 5.91 Å². The van der Waals surface area contributed by atoms with E-state index in [9.17, 15) is 4.79 Å². The molecule has 0 spiro atoms. The number of nitrogens with one attached hydrogen (secondary N) is 1. The van der Waals surface area contributed by atoms with Gasteiger partial charge >= 0.3 is 0 Å². The molecule has 3 heterocycles. The lowest BCUT2D eigenvalue weighted by atomic mass is 10.1. The zero-order valence-electron chi connectivity index (χ0n) is 14.0. The summed E-state index contributed by atoms with van der Waals surface area (Å²) >= 11 is 0. The van der Waals surface area contributed by atoms with E-state index in [1.165, 1.54) is 6.42 Å². The van der Waals surface area contributed by atoms with Gasteiger partial charge in [-0.25, -0.2) is 4.98 Å². The summed E-state index contributed by atoms with van der Waals surface area (Å²) in [5, 5.41) is 11.4. The molecule has 7 heteroatoms. The maximum Gasteiger partial charge on any atom is 0.243 e. The predicted octanol–water partition coefficient (Wildman–Crippen LogP) is 1.81. The summed E-state index contributed by atoms with van der Waals surface area (Å²) in [7, 11) is 0. The first-order valence-electron chi connectivity index (χ1n) is 8.29. The standard InChI is InChI=1S/C16H24N6O/c1-11(2)15-17-7-9-21(15)12(3)16(23)18-10-14-20-19-13-6-4-5-8-22(13)14/h7,9,11-12H,4-6,8,10H2,1-3H3,(H,18,23)/t12-/m1/s1. The molecule has 2 aromatic heterocycles. The van der Waals surface area contributed by atoms with Gasteiger partial charge in [0.05, 0.1) is 6.54 Å². The van der Waals surface area contributed by atoms with Gasteiger partial charge in [-0.1, -0.05) is 13.8 Å². The van der Waals surface area contributed by atoms with Gasteiger partial charge in [0, 0.05) is 31.3 Å². The first-order valence-corrected chi connectivity index (χ1v) is 8.29. The van der Waals surface area contributed by atoms with Crippen molar-refractivity contribution in [2.24, 2.45) is 0 Å². The predicted molar refractivity (Wildman–Crippen MR) is 85.8 cm³/mol. The molecule has 1 aliphatic rings. The lowest BCUT2D eigenvalue weighted by Gasteiger charge is -2.18. The lowest BCUT2D eigenvalue weighted by Crippen LogP contribution is -2.32. The maximum atomic E-state index is 12.5. The van der Waals surface area contributed by atoms with Gasteiger partial charge in [-0.3, -0.25) is 4.79 Å². The van der Waals surface area contributed by atoms with E-state index in [4.69, 9.17) is 0 Å². The Hall–Kier alpha value is -2.18. The first-order chi connectivity index (χ1) is 11.1. The number of rotatable bonds is 5. The number of imidazole rings is 1. The van der Waals surface area contributed by atoms with Crippen molar-refractivity contribution in [2.75, 3.05) is 0 Å². The summed E-state index contributed by atoms with van der Waals surface area (Å²) in [4.78, 5) is 16.8. The van der Waals surface area contributed by atoms with E-state index in [0.29, 0.717) is 6.54 Å². The van der Waals surface area contributed by atoms with Crippen LogP contribution >= 0.6 is 0 Å². The molecule has 0 saturated carbocycles. The second-order valence-corrected chi connectivity index (χ2v) is 6.38. The molecule has 3 rings (SSSR count). The van der Waals surface area contributed by atoms with Crippen molar-refractivity contribution in [1.82, 2.24) is 29.6 Å². The highest BCUT2D eigenvalue weighted by molar-refractivity contribution is 5.79. The van der Waals surface area contributed by atoms with Crippen LogP contribution in [0.4, 0.5) is 0 Å². The number of aromatic nitrogens is 5. The van der Waals surface area contributed by atoms with Crippen molar-refractivity contribution in [1.29, 1.82) is 0 Å². The normalized spacial score (nSPS) is 15.5. The van der Waals surface area contributed by atoms with Crippen molar-refractivity contribution in [2.45, 2.75) is 65.1 Å². The van der Waals surface area contributed by atoms with E-state index in [1.54, 1.807) is 6.20 Å². The fourth-order valence-corrected chi connectivity index (χ4v) is 3.04. The van der Waals surface area contributed by atoms with Crippen LogP contribution in [-0.4, -0.2) is 30.2 Å². The quantitative estimate of drug-likeness (QED) is 0.912. The van der Waals surface area contributed by atoms with E-state index in [0.717, 1.165) is 36.9 Å². The van der Waals surface area contributed by atoms with Gasteiger partial charge in [0.1, 0.15) is 17.7 Å². The highest BCUT2D eigenvalue weighted by Crippen LogP contribution is 2.18. The highest BCUT2D eigenvalue weighted by atomic mass is 16.2. The third-order valence-electron chi connectivity index (χ3n) is 4.37. The minimum Gasteiger partial charge on any atom is -0.347 e. The number of aryl methyl sites for hydroxylation is 1. The number of fused-ring (bicyclic) bond motifs is 1. The summed E-state index contributed by atoms with van der Waals surface area (Å²) in [5.41, 5.74) is 0. The largest absolute Gasteiger partial charge is 0.347 e. The second kappa shape index (κ2) is 6.52. The van der Waals surface area contributed by atoms with Crippen LogP contribution in [0.15, 0.2) is 12.4 Å². The van der Waals surface area contributed by atoms with Crippen molar-refractivity contribution in [3.63, 3.8) is 0 Å². The minimum absolute atomic E-state index is 0.0296. The van der Waals surface area contributed by atoms with Crippen LogP contribution in [0.5, 0.6) is 0 Å². The Kier molecular flexibility index (Phi) is 4.45. The summed E-state index contributed by atoms with van der Waals surface area (Å²) in [6.07, 6.45) is 6.89. The SMILES string of the molecule is CC(C)c1nccn1[C@H](C)C(=O)NCc1nnc2n1CCCC2. The number of nitrogens with zero attached hydrogens (tertiary/aromatic N) is 5. The average molecular weight is 316 g/mol. The summed E-state index contributed by atoms with van der Waals surface area (Å²) in [5.74, 6) is 3.05. The third kappa shape index (κ3) is 3.13. The Morgan fingerprint density at radius 1 is 1.30 bits per heavy atom. The second-order valence-electron chi connectivity index (χ2n) is 6.38. The van der Waals surface area contributed by atoms with Crippen molar-refractivity contribution in [3.05, 3.63) is 29.9 Å². The molecule has 124 valence electrons. The number of hydrogen-bond donors (Lipinski definition) is 1. The molecule has 0 aliphatic carbocycles. The van der Waals surface area contributed by atoms with E-state index in [1.807, 2.05) is 17.7 Å². The smallest absolute Gasteiger partial charge is 0.243 e. The molecule has 0 radical (unpaired) electrons. The summed E-state index contributed by atoms with van der Waals surface area (Å²) in [6.45, 7) is 7.41. The minimum atomic E-state index is -0.293. The first kappa shape index (κ1) is 15.7. The highest BCUT2D eigenvalue weighted by Gasteiger charge is 2.21. The molecule has 1 amide bonds. The number of carbonyl (C=O) groups is 1. The third-order valence-corrected chi connectivity index (χ3v) is 4.37. The lowest BCUT2D eigenvalue weighted by molar-refractivity contribution is -0.124. The van der Waals surface area contributed by atoms with Crippen molar-refractivity contribution < 1.29 is 4.79 Å². The van der Waals surface area contributed by atoms with Gasteiger partial charge in [0.25, 0.3) is 0 Å². The fourth-order valence-electron chi connectivity index (χ4n) is 3.04. The molecule has 0 bridgehead atoms. The molecule has 1 atom stereocenters. The van der Waals surface area contributed by atoms with Crippen LogP contribution in [0.2, 0.25) is 0 Å². The zero-order valence-corrected chi connectivity index (χ0v) is 14.0. The van der Waals surface area contributed by atoms with Crippen LogP contribution in [0, 0.1) is 0 Å². The van der Waals surface area contributed by atoms with Gasteiger partial charge in [0.2, 0.25) is 5.91 Å². The van der Waals surface area contributed by atoms with Crippen LogP contribution in [0.25, 0.3) is 0 Å². The van der Waals surface area contributed by atoms with Gasteiger partial charge in [-0.15, -0.1) is 10.2 Å². The molecule has 0 unspecified atom stereocenters. The fraction of sp³-hybridized carbons (Fsp3) is 0.625. The molecular weight excluding hydrogens is 292 g/mol. The van der Waals surface area contributed by atoms with Gasteiger partial charge in [0.15, 0.2) is 5.82 Å². The van der Waals surface area contributed by atoms with Gasteiger partial charge in [-0.05, 0) is 19.8 Å². The molecule has 1 aliphatic heterocycles. The Morgan fingerprint density at radius 2 is 2.13 bits per heavy atom. The number of amides is 1. The Labute approximate surface area is 136 Å². The average Bonchev–Trinajstić information content (AvgIpc) is 3.19. The maximum absolute atomic E-state index is 12.5. The molecule has 0 fully saturated rings. The van der Waals surface area contributed by atoms with Crippen LogP contribution in [0.1, 0.15) is 63.0 Å². The van der Waals surface area contributed by atoms with E-state index in [2.05, 4.69) is 38.9 Å². The Bertz CT molecular complexity index is 687. The van der Waals surface area contributed by atoms with Crippen molar-refractivity contribution in [3.8, 4) is 0 Å². The Balaban J connectivity index is 1.65. The molecule has 23 heavy (non-hydrogen) atoms. The van der Waals surface area contributed by atoms with E-state index in [-0.39, 0.29) is 17.9 Å². The van der Waals surface area contributed by atoms with E-state index < -0.39 is 0 Å². The number of hydrogen-bond acceptors (Lipinski definition) is 4. The van der Waals surface area contributed by atoms with Crippen LogP contribution < -0.4 is 5.32 Å². The summed E-state index contributed by atoms with van der Waals surface area (Å²) in [6, 6.07) is -0.293. The van der Waals surface area contributed by atoms with Gasteiger partial charge in [-0.2, -0.15) is 0 Å². The molecule has 2 aromatic rings. The number of carbonyl (C=O) groups excluding carboxylic acids is 1. The Morgan fingerprint density at radius 3 is 2.91 bits per heavy atom. The molecule has 7 nitrogen and oxygen atoms in total. The molecule has 0 saturated heterocycles. The molecule has 1 N–H and O–H groups in total. The zero-order chi connectivity index (χ0) is 16.4. The van der Waals surface area contributed by atoms with Crippen LogP contribution in [0.3, 0.4) is 0 Å². The van der Waals surface area contributed by atoms with Crippen LogP contribution in [-0.2, 0) is 24.3 Å². The van der Waals surface area contributed by atoms with E-state index >= 15 is 0 Å². The van der Waals surface area contributed by atoms with Gasteiger partial charge < -0.3 is 14.5 Å².